The van der Waals surface area contributed by atoms with E-state index in [1.165, 1.54) is 12.2 Å². The monoisotopic (exact) mass is 225 g/mol. The summed E-state index contributed by atoms with van der Waals surface area (Å²) in [5, 5.41) is 0. The molecule has 14 heavy (non-hydrogen) atoms. The van der Waals surface area contributed by atoms with Crippen LogP contribution in [0.15, 0.2) is 35.0 Å². The maximum atomic E-state index is 12.6. The van der Waals surface area contributed by atoms with E-state index in [1.807, 2.05) is 0 Å². The molecule has 0 spiro atoms. The van der Waals surface area contributed by atoms with E-state index in [0.717, 1.165) is 0 Å². The fraction of sp³-hybridized carbons (Fsp3) is 0.143. The molecule has 7 heteroatoms. The molecule has 2 bridgehead atoms. The Hall–Kier alpha value is -0.970. The summed E-state index contributed by atoms with van der Waals surface area (Å²) >= 11 is 0. The van der Waals surface area contributed by atoms with E-state index in [1.54, 1.807) is 0 Å². The smallest absolute Gasteiger partial charge is 0.237 e. The Morgan fingerprint density at radius 2 is 1.43 bits per heavy atom. The molecule has 0 heterocycles. The lowest BCUT2D eigenvalue weighted by Crippen LogP contribution is -1.93. The van der Waals surface area contributed by atoms with Crippen molar-refractivity contribution in [3.05, 3.63) is 35.0 Å². The average Bonchev–Trinajstić information content (AvgIpc) is 2.50. The van der Waals surface area contributed by atoms with E-state index >= 15 is 0 Å². The van der Waals surface area contributed by atoms with Gasteiger partial charge in [0.15, 0.2) is 17.8 Å². The van der Waals surface area contributed by atoms with Crippen molar-refractivity contribution < 1.29 is 27.5 Å². The van der Waals surface area contributed by atoms with Gasteiger partial charge in [0, 0.05) is 15.7 Å². The summed E-state index contributed by atoms with van der Waals surface area (Å²) in [5.74, 6) is -2.07. The minimum atomic E-state index is -2.87. The average molecular weight is 225 g/mol. The summed E-state index contributed by atoms with van der Waals surface area (Å²) in [6.45, 7) is 0. The van der Waals surface area contributed by atoms with E-state index < -0.39 is 26.1 Å². The van der Waals surface area contributed by atoms with Gasteiger partial charge in [-0.05, 0) is 0 Å². The van der Waals surface area contributed by atoms with Crippen molar-refractivity contribution in [2.75, 3.05) is 0 Å². The van der Waals surface area contributed by atoms with Crippen molar-refractivity contribution in [2.45, 2.75) is 6.17 Å². The van der Waals surface area contributed by atoms with Crippen LogP contribution < -0.4 is 0 Å². The van der Waals surface area contributed by atoms with Crippen LogP contribution in [0, 0.1) is 0 Å². The first kappa shape index (κ1) is 11.1. The fourth-order valence-electron chi connectivity index (χ4n) is 1.14. The Kier molecular flexibility index (Phi) is 3.21. The van der Waals surface area contributed by atoms with Crippen molar-refractivity contribution in [1.82, 2.24) is 0 Å². The Morgan fingerprint density at radius 1 is 1.14 bits per heavy atom. The van der Waals surface area contributed by atoms with Crippen LogP contribution in [0.2, 0.25) is 0 Å². The minimum absolute atomic E-state index is 0.174. The van der Waals surface area contributed by atoms with Gasteiger partial charge in [-0.3, -0.25) is 0 Å². The van der Waals surface area contributed by atoms with Gasteiger partial charge in [-0.25, -0.2) is 13.2 Å². The molecule has 0 saturated carbocycles. The second-order valence-corrected chi connectivity index (χ2v) is 2.99. The summed E-state index contributed by atoms with van der Waals surface area (Å²) in [5.41, 5.74) is -0.347. The first-order chi connectivity index (χ1) is 6.45. The van der Waals surface area contributed by atoms with Gasteiger partial charge in [0.1, 0.15) is 0 Å². The van der Waals surface area contributed by atoms with Gasteiger partial charge in [0.25, 0.3) is 0 Å². The SMILES string of the molecule is FC1=C2C=CC(=C1F)C2F.O=[P+](O)O. The molecule has 0 radical (unpaired) electrons. The number of fused-ring (bicyclic) bond motifs is 2. The van der Waals surface area contributed by atoms with Crippen molar-refractivity contribution in [2.24, 2.45) is 0 Å². The normalized spacial score (nSPS) is 18.9. The zero-order chi connectivity index (χ0) is 10.9. The quantitative estimate of drug-likeness (QED) is 0.619. The van der Waals surface area contributed by atoms with Crippen LogP contribution >= 0.6 is 8.25 Å². The Bertz CT molecular complexity index is 335. The zero-order valence-electron chi connectivity index (χ0n) is 6.62. The Balaban J connectivity index is 0.000000213. The fourth-order valence-corrected chi connectivity index (χ4v) is 1.14. The van der Waals surface area contributed by atoms with Gasteiger partial charge in [0.05, 0.1) is 0 Å². The largest absolute Gasteiger partial charge is 0.692 e. The van der Waals surface area contributed by atoms with Crippen LogP contribution in [0.25, 0.3) is 0 Å². The molecule has 0 saturated heterocycles. The molecule has 2 aliphatic rings. The van der Waals surface area contributed by atoms with Crippen LogP contribution in [-0.4, -0.2) is 16.0 Å². The van der Waals surface area contributed by atoms with Crippen LogP contribution in [0.5, 0.6) is 0 Å². The molecule has 0 aromatic rings. The van der Waals surface area contributed by atoms with E-state index in [-0.39, 0.29) is 11.1 Å². The second kappa shape index (κ2) is 4.04. The topological polar surface area (TPSA) is 57.5 Å². The maximum absolute atomic E-state index is 12.6. The third kappa shape index (κ3) is 1.92. The molecule has 0 aromatic carbocycles. The standard InChI is InChI=1S/C7H3F3.HO3P/c8-5-3-1-2-4(5)7(10)6(3)9;1-4(2)3/h1-2,5H;(H-,1,2,3)/p+1. The third-order valence-electron chi connectivity index (χ3n) is 1.69. The summed E-state index contributed by atoms with van der Waals surface area (Å²) in [4.78, 5) is 14.2. The number of hydrogen-bond donors (Lipinski definition) is 2. The predicted octanol–water partition coefficient (Wildman–Crippen LogP) is 1.98. The lowest BCUT2D eigenvalue weighted by molar-refractivity contribution is 0.405. The number of hydrogen-bond acceptors (Lipinski definition) is 1. The molecule has 2 aliphatic carbocycles. The van der Waals surface area contributed by atoms with Crippen molar-refractivity contribution in [3.63, 3.8) is 0 Å². The summed E-state index contributed by atoms with van der Waals surface area (Å²) < 4.78 is 46.2. The van der Waals surface area contributed by atoms with Gasteiger partial charge in [0.2, 0.25) is 0 Å². The third-order valence-corrected chi connectivity index (χ3v) is 1.69. The highest BCUT2D eigenvalue weighted by molar-refractivity contribution is 7.30. The molecule has 3 nitrogen and oxygen atoms in total. The van der Waals surface area contributed by atoms with E-state index in [0.29, 0.717) is 0 Å². The molecule has 0 unspecified atom stereocenters. The summed E-state index contributed by atoms with van der Waals surface area (Å²) in [6.07, 6.45) is 0.969. The highest BCUT2D eigenvalue weighted by atomic mass is 31.1. The van der Waals surface area contributed by atoms with Gasteiger partial charge >= 0.3 is 8.25 Å². The van der Waals surface area contributed by atoms with E-state index in [4.69, 9.17) is 14.4 Å². The van der Waals surface area contributed by atoms with Gasteiger partial charge in [-0.15, -0.1) is 9.79 Å². The number of alkyl halides is 1. The molecule has 2 N–H and O–H groups in total. The molecular weight excluding hydrogens is 220 g/mol. The van der Waals surface area contributed by atoms with Crippen LogP contribution in [0.1, 0.15) is 0 Å². The molecule has 0 fully saturated rings. The van der Waals surface area contributed by atoms with Crippen LogP contribution in [0.3, 0.4) is 0 Å². The summed E-state index contributed by atoms with van der Waals surface area (Å²) in [7, 11) is -2.87. The lowest BCUT2D eigenvalue weighted by Gasteiger charge is -1.91. The van der Waals surface area contributed by atoms with Crippen molar-refractivity contribution in [3.8, 4) is 0 Å². The molecule has 0 atom stereocenters. The first-order valence-corrected chi connectivity index (χ1v) is 4.58. The van der Waals surface area contributed by atoms with Crippen molar-refractivity contribution in [1.29, 1.82) is 0 Å². The molecular formula is C7H5F3O3P+. The van der Waals surface area contributed by atoms with Gasteiger partial charge in [-0.1, -0.05) is 12.2 Å². The van der Waals surface area contributed by atoms with Crippen LogP contribution in [-0.2, 0) is 4.57 Å². The Labute approximate surface area is 77.8 Å². The molecule has 0 aromatic heterocycles. The highest BCUT2D eigenvalue weighted by Gasteiger charge is 2.36. The van der Waals surface area contributed by atoms with Crippen LogP contribution in [0.4, 0.5) is 13.2 Å². The molecule has 0 amide bonds. The van der Waals surface area contributed by atoms with Gasteiger partial charge < -0.3 is 0 Å². The second-order valence-electron chi connectivity index (χ2n) is 2.49. The summed E-state index contributed by atoms with van der Waals surface area (Å²) in [6, 6.07) is 0. The van der Waals surface area contributed by atoms with E-state index in [9.17, 15) is 13.2 Å². The molecule has 2 rings (SSSR count). The predicted molar refractivity (Wildman–Crippen MR) is 42.3 cm³/mol. The van der Waals surface area contributed by atoms with Crippen molar-refractivity contribution >= 4 is 8.25 Å². The minimum Gasteiger partial charge on any atom is -0.237 e. The number of rotatable bonds is 0. The maximum Gasteiger partial charge on any atom is 0.692 e. The highest BCUT2D eigenvalue weighted by Crippen LogP contribution is 2.42. The zero-order valence-corrected chi connectivity index (χ0v) is 7.51. The van der Waals surface area contributed by atoms with Gasteiger partial charge in [-0.2, -0.15) is 0 Å². The molecule has 0 aliphatic heterocycles. The number of allylic oxidation sites excluding steroid dienone is 6. The molecule has 76 valence electrons. The van der Waals surface area contributed by atoms with E-state index in [2.05, 4.69) is 0 Å². The Morgan fingerprint density at radius 3 is 1.57 bits per heavy atom. The first-order valence-electron chi connectivity index (χ1n) is 3.42. The lowest BCUT2D eigenvalue weighted by atomic mass is 10.2. The number of halogens is 3.